The molecule has 1 aromatic carbocycles. The lowest BCUT2D eigenvalue weighted by atomic mass is 9.93. The van der Waals surface area contributed by atoms with E-state index in [4.69, 9.17) is 0 Å². The molecule has 3 nitrogen and oxygen atoms in total. The monoisotopic (exact) mass is 288 g/mol. The molecule has 1 amide bonds. The first-order chi connectivity index (χ1) is 10.0. The molecule has 1 heterocycles. The highest BCUT2D eigenvalue weighted by Gasteiger charge is 2.22. The molecule has 1 N–H and O–H groups in total. The second-order valence-corrected chi connectivity index (χ2v) is 6.30. The fourth-order valence-electron chi connectivity index (χ4n) is 3.52. The summed E-state index contributed by atoms with van der Waals surface area (Å²) in [6.07, 6.45) is 4.06. The molecule has 0 aromatic heterocycles. The second-order valence-electron chi connectivity index (χ2n) is 6.30. The number of likely N-dealkylation sites (N-methyl/N-ethyl adjacent to an activating group) is 1. The van der Waals surface area contributed by atoms with Crippen LogP contribution in [0.15, 0.2) is 12.1 Å². The Balaban J connectivity index is 2.21. The maximum Gasteiger partial charge on any atom is 0.222 e. The smallest absolute Gasteiger partial charge is 0.222 e. The average Bonchev–Trinajstić information content (AvgIpc) is 2.61. The number of nitrogens with zero attached hydrogens (tertiary/aromatic N) is 1. The summed E-state index contributed by atoms with van der Waals surface area (Å²) in [4.78, 5) is 14.3. The van der Waals surface area contributed by atoms with Gasteiger partial charge in [0.25, 0.3) is 0 Å². The fourth-order valence-corrected chi connectivity index (χ4v) is 3.52. The Labute approximate surface area is 128 Å². The van der Waals surface area contributed by atoms with E-state index in [2.05, 4.69) is 38.2 Å². The van der Waals surface area contributed by atoms with E-state index >= 15 is 0 Å². The lowest BCUT2D eigenvalue weighted by Gasteiger charge is -2.29. The second kappa shape index (κ2) is 7.08. The van der Waals surface area contributed by atoms with Crippen LogP contribution in [0.3, 0.4) is 0 Å². The van der Waals surface area contributed by atoms with Gasteiger partial charge in [0.1, 0.15) is 0 Å². The van der Waals surface area contributed by atoms with Crippen LogP contribution in [0, 0.1) is 20.8 Å². The number of likely N-dealkylation sites (tertiary alicyclic amines) is 1. The third-order valence-electron chi connectivity index (χ3n) is 4.51. The zero-order chi connectivity index (χ0) is 15.4. The molecule has 0 saturated carbocycles. The molecule has 1 aliphatic heterocycles. The first-order valence-electron chi connectivity index (χ1n) is 8.05. The molecule has 116 valence electrons. The highest BCUT2D eigenvalue weighted by molar-refractivity contribution is 5.76. The molecule has 1 atom stereocenters. The van der Waals surface area contributed by atoms with Crippen LogP contribution in [0.25, 0.3) is 0 Å². The van der Waals surface area contributed by atoms with Crippen molar-refractivity contribution in [3.63, 3.8) is 0 Å². The number of carbonyl (C=O) groups excluding carboxylic acids is 1. The molecule has 1 aliphatic rings. The van der Waals surface area contributed by atoms with Crippen molar-refractivity contribution < 1.29 is 4.79 Å². The Bertz CT molecular complexity index is 487. The van der Waals surface area contributed by atoms with Gasteiger partial charge in [0.15, 0.2) is 0 Å². The van der Waals surface area contributed by atoms with Gasteiger partial charge in [0.2, 0.25) is 5.91 Å². The van der Waals surface area contributed by atoms with Gasteiger partial charge >= 0.3 is 0 Å². The summed E-state index contributed by atoms with van der Waals surface area (Å²) < 4.78 is 0. The van der Waals surface area contributed by atoms with Crippen LogP contribution < -0.4 is 5.32 Å². The normalized spacial score (nSPS) is 17.7. The van der Waals surface area contributed by atoms with Crippen molar-refractivity contribution in [2.45, 2.75) is 52.5 Å². The molecular formula is C18H28N2O. The van der Waals surface area contributed by atoms with Gasteiger partial charge in [-0.05, 0) is 57.4 Å². The van der Waals surface area contributed by atoms with Gasteiger partial charge in [-0.2, -0.15) is 0 Å². The van der Waals surface area contributed by atoms with E-state index in [9.17, 15) is 4.79 Å². The summed E-state index contributed by atoms with van der Waals surface area (Å²) in [6, 6.07) is 4.68. The highest BCUT2D eigenvalue weighted by Crippen LogP contribution is 2.25. The predicted molar refractivity (Wildman–Crippen MR) is 87.5 cm³/mol. The summed E-state index contributed by atoms with van der Waals surface area (Å²) in [5.41, 5.74) is 5.28. The molecule has 2 rings (SSSR count). The third-order valence-corrected chi connectivity index (χ3v) is 4.51. The zero-order valence-corrected chi connectivity index (χ0v) is 13.8. The number of hydrogen-bond donors (Lipinski definition) is 1. The van der Waals surface area contributed by atoms with Crippen molar-refractivity contribution in [2.75, 3.05) is 20.1 Å². The van der Waals surface area contributed by atoms with E-state index in [1.165, 1.54) is 28.7 Å². The Morgan fingerprint density at radius 2 is 1.81 bits per heavy atom. The summed E-state index contributed by atoms with van der Waals surface area (Å²) in [7, 11) is 1.99. The van der Waals surface area contributed by atoms with Gasteiger partial charge in [0, 0.05) is 19.5 Å². The van der Waals surface area contributed by atoms with E-state index in [1.54, 1.807) is 0 Å². The van der Waals surface area contributed by atoms with E-state index in [-0.39, 0.29) is 6.04 Å². The van der Waals surface area contributed by atoms with Crippen LogP contribution in [-0.2, 0) is 4.79 Å². The van der Waals surface area contributed by atoms with Crippen molar-refractivity contribution in [1.82, 2.24) is 10.2 Å². The average molecular weight is 288 g/mol. The number of hydrogen-bond acceptors (Lipinski definition) is 2. The van der Waals surface area contributed by atoms with Gasteiger partial charge in [-0.15, -0.1) is 0 Å². The number of nitrogens with one attached hydrogen (secondary N) is 1. The first kappa shape index (κ1) is 16.0. The maximum atomic E-state index is 12.2. The SMILES string of the molecule is CNC(CN1CCCCCC1=O)c1c(C)cc(C)cc1C. The number of rotatable bonds is 4. The molecule has 0 bridgehead atoms. The highest BCUT2D eigenvalue weighted by atomic mass is 16.2. The predicted octanol–water partition coefficient (Wildman–Crippen LogP) is 3.27. The largest absolute Gasteiger partial charge is 0.341 e. The Morgan fingerprint density at radius 3 is 2.43 bits per heavy atom. The van der Waals surface area contributed by atoms with E-state index in [0.717, 1.165) is 25.9 Å². The minimum absolute atomic E-state index is 0.215. The summed E-state index contributed by atoms with van der Waals surface area (Å²) in [6.45, 7) is 8.16. The molecular weight excluding hydrogens is 260 g/mol. The van der Waals surface area contributed by atoms with Gasteiger partial charge in [-0.1, -0.05) is 24.1 Å². The van der Waals surface area contributed by atoms with Crippen LogP contribution in [0.5, 0.6) is 0 Å². The Kier molecular flexibility index (Phi) is 5.40. The maximum absolute atomic E-state index is 12.2. The van der Waals surface area contributed by atoms with Crippen molar-refractivity contribution in [3.05, 3.63) is 34.4 Å². The zero-order valence-electron chi connectivity index (χ0n) is 13.8. The summed E-state index contributed by atoms with van der Waals surface area (Å²) >= 11 is 0. The van der Waals surface area contributed by atoms with Crippen LogP contribution >= 0.6 is 0 Å². The number of benzene rings is 1. The van der Waals surface area contributed by atoms with Crippen molar-refractivity contribution in [2.24, 2.45) is 0 Å². The Hall–Kier alpha value is -1.35. The van der Waals surface area contributed by atoms with E-state index in [0.29, 0.717) is 12.3 Å². The molecule has 0 aliphatic carbocycles. The van der Waals surface area contributed by atoms with Gasteiger partial charge in [-0.3, -0.25) is 4.79 Å². The molecule has 1 saturated heterocycles. The van der Waals surface area contributed by atoms with Crippen LogP contribution in [-0.4, -0.2) is 30.9 Å². The first-order valence-corrected chi connectivity index (χ1v) is 8.05. The van der Waals surface area contributed by atoms with Gasteiger partial charge < -0.3 is 10.2 Å². The Morgan fingerprint density at radius 1 is 1.14 bits per heavy atom. The minimum Gasteiger partial charge on any atom is -0.341 e. The van der Waals surface area contributed by atoms with Crippen molar-refractivity contribution >= 4 is 5.91 Å². The standard InChI is InChI=1S/C18H28N2O/c1-13-10-14(2)18(15(3)11-13)16(19-4)12-20-9-7-5-6-8-17(20)21/h10-11,16,19H,5-9,12H2,1-4H3. The molecule has 1 unspecified atom stereocenters. The van der Waals surface area contributed by atoms with E-state index < -0.39 is 0 Å². The molecule has 21 heavy (non-hydrogen) atoms. The lowest BCUT2D eigenvalue weighted by molar-refractivity contribution is -0.131. The molecule has 0 radical (unpaired) electrons. The van der Waals surface area contributed by atoms with Crippen LogP contribution in [0.2, 0.25) is 0 Å². The minimum atomic E-state index is 0.215. The van der Waals surface area contributed by atoms with Crippen molar-refractivity contribution in [3.8, 4) is 0 Å². The molecule has 1 aromatic rings. The van der Waals surface area contributed by atoms with Crippen LogP contribution in [0.4, 0.5) is 0 Å². The van der Waals surface area contributed by atoms with Crippen molar-refractivity contribution in [1.29, 1.82) is 0 Å². The lowest BCUT2D eigenvalue weighted by Crippen LogP contribution is -2.38. The quantitative estimate of drug-likeness (QED) is 0.922. The summed E-state index contributed by atoms with van der Waals surface area (Å²) in [5, 5.41) is 3.41. The molecule has 1 fully saturated rings. The van der Waals surface area contributed by atoms with Gasteiger partial charge in [-0.25, -0.2) is 0 Å². The number of carbonyl (C=O) groups is 1. The van der Waals surface area contributed by atoms with Crippen LogP contribution in [0.1, 0.15) is 54.0 Å². The fraction of sp³-hybridized carbons (Fsp3) is 0.611. The molecule has 3 heteroatoms. The van der Waals surface area contributed by atoms with Gasteiger partial charge in [0.05, 0.1) is 6.04 Å². The third kappa shape index (κ3) is 3.85. The summed E-state index contributed by atoms with van der Waals surface area (Å²) in [5.74, 6) is 0.315. The molecule has 0 spiro atoms. The van der Waals surface area contributed by atoms with E-state index in [1.807, 2.05) is 11.9 Å². The number of amides is 1. The topological polar surface area (TPSA) is 32.3 Å². The number of aryl methyl sites for hydroxylation is 3.